The van der Waals surface area contributed by atoms with E-state index in [4.69, 9.17) is 0 Å². The molecule has 1 amide bonds. The van der Waals surface area contributed by atoms with E-state index in [0.717, 1.165) is 16.7 Å². The van der Waals surface area contributed by atoms with Crippen LogP contribution >= 0.6 is 0 Å². The third kappa shape index (κ3) is 1.42. The van der Waals surface area contributed by atoms with Crippen LogP contribution in [0.5, 0.6) is 0 Å². The Balaban J connectivity index is 2.64. The number of aliphatic hydroxyl groups excluding tert-OH is 1. The van der Waals surface area contributed by atoms with Gasteiger partial charge < -0.3 is 5.11 Å². The SMILES string of the molecule is Cc1ccc(C)c2c1CC(O)N(O)C2=O. The Labute approximate surface area is 87.7 Å². The molecule has 0 saturated heterocycles. The molecule has 0 aliphatic carbocycles. The topological polar surface area (TPSA) is 60.8 Å². The summed E-state index contributed by atoms with van der Waals surface area (Å²) in [5, 5.41) is 19.2. The van der Waals surface area contributed by atoms with Crippen molar-refractivity contribution in [2.24, 2.45) is 0 Å². The third-order valence-corrected chi connectivity index (χ3v) is 2.85. The van der Waals surface area contributed by atoms with Crippen molar-refractivity contribution in [1.82, 2.24) is 5.06 Å². The number of hydrogen-bond donors (Lipinski definition) is 2. The van der Waals surface area contributed by atoms with Gasteiger partial charge in [0.25, 0.3) is 5.91 Å². The molecular weight excluding hydrogens is 194 g/mol. The first kappa shape index (κ1) is 10.1. The van der Waals surface area contributed by atoms with Gasteiger partial charge in [0.2, 0.25) is 0 Å². The maximum atomic E-state index is 11.7. The predicted molar refractivity (Wildman–Crippen MR) is 53.6 cm³/mol. The summed E-state index contributed by atoms with van der Waals surface area (Å²) in [5.74, 6) is -0.523. The first-order valence-electron chi connectivity index (χ1n) is 4.82. The predicted octanol–water partition coefficient (Wildman–Crippen LogP) is 1.01. The molecule has 0 spiro atoms. The molecule has 80 valence electrons. The van der Waals surface area contributed by atoms with Crippen LogP contribution in [0, 0.1) is 13.8 Å². The highest BCUT2D eigenvalue weighted by Crippen LogP contribution is 2.26. The summed E-state index contributed by atoms with van der Waals surface area (Å²) in [6.45, 7) is 3.72. The van der Waals surface area contributed by atoms with Crippen LogP contribution in [0.15, 0.2) is 12.1 Å². The Morgan fingerprint density at radius 2 is 1.93 bits per heavy atom. The fourth-order valence-electron chi connectivity index (χ4n) is 1.95. The number of aliphatic hydroxyl groups is 1. The molecule has 1 aliphatic heterocycles. The van der Waals surface area contributed by atoms with E-state index < -0.39 is 12.1 Å². The van der Waals surface area contributed by atoms with E-state index in [1.54, 1.807) is 0 Å². The van der Waals surface area contributed by atoms with Gasteiger partial charge in [0.1, 0.15) is 0 Å². The van der Waals surface area contributed by atoms with Crippen molar-refractivity contribution in [3.63, 3.8) is 0 Å². The van der Waals surface area contributed by atoms with Crippen LogP contribution in [-0.2, 0) is 6.42 Å². The minimum absolute atomic E-state index is 0.283. The van der Waals surface area contributed by atoms with Crippen molar-refractivity contribution in [3.8, 4) is 0 Å². The summed E-state index contributed by atoms with van der Waals surface area (Å²) in [6.07, 6.45) is -0.851. The summed E-state index contributed by atoms with van der Waals surface area (Å²) in [4.78, 5) is 11.7. The maximum Gasteiger partial charge on any atom is 0.280 e. The summed E-state index contributed by atoms with van der Waals surface area (Å²) >= 11 is 0. The first-order chi connectivity index (χ1) is 7.02. The average Bonchev–Trinajstić information content (AvgIpc) is 2.20. The Hall–Kier alpha value is -1.39. The molecule has 4 nitrogen and oxygen atoms in total. The van der Waals surface area contributed by atoms with Crippen LogP contribution in [0.4, 0.5) is 0 Å². The molecule has 1 aliphatic rings. The number of fused-ring (bicyclic) bond motifs is 1. The molecule has 2 N–H and O–H groups in total. The lowest BCUT2D eigenvalue weighted by molar-refractivity contribution is -0.160. The van der Waals surface area contributed by atoms with Gasteiger partial charge in [-0.05, 0) is 30.5 Å². The highest BCUT2D eigenvalue weighted by atomic mass is 16.5. The van der Waals surface area contributed by atoms with E-state index in [1.807, 2.05) is 26.0 Å². The molecule has 4 heteroatoms. The van der Waals surface area contributed by atoms with Gasteiger partial charge in [0.15, 0.2) is 6.23 Å². The van der Waals surface area contributed by atoms with Crippen molar-refractivity contribution in [3.05, 3.63) is 34.4 Å². The largest absolute Gasteiger partial charge is 0.371 e. The first-order valence-corrected chi connectivity index (χ1v) is 4.82. The molecule has 15 heavy (non-hydrogen) atoms. The van der Waals surface area contributed by atoms with Crippen molar-refractivity contribution in [2.75, 3.05) is 0 Å². The number of nitrogens with zero attached hydrogens (tertiary/aromatic N) is 1. The average molecular weight is 207 g/mol. The van der Waals surface area contributed by atoms with Gasteiger partial charge >= 0.3 is 0 Å². The Kier molecular flexibility index (Phi) is 2.25. The minimum Gasteiger partial charge on any atom is -0.371 e. The number of amides is 1. The van der Waals surface area contributed by atoms with Crippen LogP contribution in [-0.4, -0.2) is 27.5 Å². The van der Waals surface area contributed by atoms with E-state index in [2.05, 4.69) is 0 Å². The lowest BCUT2D eigenvalue weighted by Crippen LogP contribution is -2.44. The smallest absolute Gasteiger partial charge is 0.280 e. The zero-order valence-corrected chi connectivity index (χ0v) is 8.69. The molecule has 2 rings (SSSR count). The van der Waals surface area contributed by atoms with Gasteiger partial charge in [-0.1, -0.05) is 12.1 Å². The maximum absolute atomic E-state index is 11.7. The van der Waals surface area contributed by atoms with Gasteiger partial charge in [0.05, 0.1) is 0 Å². The van der Waals surface area contributed by atoms with Gasteiger partial charge in [0, 0.05) is 12.0 Å². The van der Waals surface area contributed by atoms with Crippen LogP contribution in [0.25, 0.3) is 0 Å². The highest BCUT2D eigenvalue weighted by molar-refractivity contribution is 5.97. The molecule has 1 aromatic carbocycles. The fraction of sp³-hybridized carbons (Fsp3) is 0.364. The molecule has 0 fully saturated rings. The monoisotopic (exact) mass is 207 g/mol. The Bertz CT molecular complexity index is 428. The zero-order valence-electron chi connectivity index (χ0n) is 8.69. The number of carbonyl (C=O) groups excluding carboxylic acids is 1. The van der Waals surface area contributed by atoms with Gasteiger partial charge in [-0.3, -0.25) is 10.0 Å². The third-order valence-electron chi connectivity index (χ3n) is 2.85. The minimum atomic E-state index is -1.13. The molecule has 0 saturated carbocycles. The van der Waals surface area contributed by atoms with Gasteiger partial charge in [-0.25, -0.2) is 0 Å². The van der Waals surface area contributed by atoms with E-state index in [9.17, 15) is 15.1 Å². The van der Waals surface area contributed by atoms with E-state index in [-0.39, 0.29) is 6.42 Å². The van der Waals surface area contributed by atoms with Crippen molar-refractivity contribution >= 4 is 5.91 Å². The van der Waals surface area contributed by atoms with Crippen LogP contribution in [0.2, 0.25) is 0 Å². The van der Waals surface area contributed by atoms with Crippen LogP contribution in [0.1, 0.15) is 27.0 Å². The summed E-state index contributed by atoms with van der Waals surface area (Å²) in [6, 6.07) is 3.76. The van der Waals surface area contributed by atoms with Crippen molar-refractivity contribution in [1.29, 1.82) is 0 Å². The molecule has 1 heterocycles. The van der Waals surface area contributed by atoms with Crippen molar-refractivity contribution < 1.29 is 15.1 Å². The van der Waals surface area contributed by atoms with E-state index in [0.29, 0.717) is 10.6 Å². The molecule has 0 aromatic heterocycles. The quantitative estimate of drug-likeness (QED) is 0.624. The lowest BCUT2D eigenvalue weighted by Gasteiger charge is -2.29. The Morgan fingerprint density at radius 3 is 2.60 bits per heavy atom. The summed E-state index contributed by atoms with van der Waals surface area (Å²) in [5.41, 5.74) is 3.14. The molecule has 0 radical (unpaired) electrons. The van der Waals surface area contributed by atoms with Crippen molar-refractivity contribution in [2.45, 2.75) is 26.5 Å². The normalized spacial score (nSPS) is 20.4. The number of aryl methyl sites for hydroxylation is 2. The number of hydrogen-bond acceptors (Lipinski definition) is 3. The second-order valence-electron chi connectivity index (χ2n) is 3.89. The number of rotatable bonds is 0. The van der Waals surface area contributed by atoms with Crippen LogP contribution in [0.3, 0.4) is 0 Å². The second-order valence-corrected chi connectivity index (χ2v) is 3.89. The van der Waals surface area contributed by atoms with Crippen LogP contribution < -0.4 is 0 Å². The highest BCUT2D eigenvalue weighted by Gasteiger charge is 2.32. The standard InChI is InChI=1S/C11H13NO3/c1-6-3-4-7(2)10-8(6)5-9(13)12(15)11(10)14/h3-4,9,13,15H,5H2,1-2H3. The molecule has 1 aromatic rings. The molecule has 1 atom stereocenters. The Morgan fingerprint density at radius 1 is 1.33 bits per heavy atom. The van der Waals surface area contributed by atoms with Gasteiger partial charge in [-0.15, -0.1) is 0 Å². The molecule has 1 unspecified atom stereocenters. The number of hydroxylamine groups is 2. The van der Waals surface area contributed by atoms with Gasteiger partial charge in [-0.2, -0.15) is 5.06 Å². The second kappa shape index (κ2) is 3.32. The molecule has 0 bridgehead atoms. The number of carbonyl (C=O) groups is 1. The zero-order chi connectivity index (χ0) is 11.2. The fourth-order valence-corrected chi connectivity index (χ4v) is 1.95. The summed E-state index contributed by atoms with van der Waals surface area (Å²) < 4.78 is 0. The van der Waals surface area contributed by atoms with E-state index >= 15 is 0 Å². The lowest BCUT2D eigenvalue weighted by atomic mass is 9.91. The number of benzene rings is 1. The molecular formula is C11H13NO3. The summed E-state index contributed by atoms with van der Waals surface area (Å²) in [7, 11) is 0. The van der Waals surface area contributed by atoms with E-state index in [1.165, 1.54) is 0 Å².